The van der Waals surface area contributed by atoms with Gasteiger partial charge in [0.1, 0.15) is 5.82 Å². The number of amides is 2. The van der Waals surface area contributed by atoms with Crippen molar-refractivity contribution >= 4 is 23.5 Å². The molecule has 1 atom stereocenters. The van der Waals surface area contributed by atoms with E-state index in [2.05, 4.69) is 16.7 Å². The summed E-state index contributed by atoms with van der Waals surface area (Å²) < 4.78 is 12.8. The molecule has 0 radical (unpaired) electrons. The van der Waals surface area contributed by atoms with E-state index in [4.69, 9.17) is 0 Å². The van der Waals surface area contributed by atoms with Crippen molar-refractivity contribution in [3.63, 3.8) is 0 Å². The van der Waals surface area contributed by atoms with Gasteiger partial charge in [-0.1, -0.05) is 18.2 Å². The third kappa shape index (κ3) is 3.36. The van der Waals surface area contributed by atoms with Crippen LogP contribution < -0.4 is 10.6 Å². The summed E-state index contributed by atoms with van der Waals surface area (Å²) in [5.41, 5.74) is 1.73. The van der Waals surface area contributed by atoms with Gasteiger partial charge in [0.2, 0.25) is 0 Å². The minimum Gasteiger partial charge on any atom is -0.331 e. The normalized spacial score (nSPS) is 16.9. The van der Waals surface area contributed by atoms with Crippen molar-refractivity contribution in [2.75, 3.05) is 11.1 Å². The molecule has 0 saturated carbocycles. The first kappa shape index (κ1) is 13.9. The van der Waals surface area contributed by atoms with Crippen LogP contribution in [0.25, 0.3) is 0 Å². The van der Waals surface area contributed by atoms with Gasteiger partial charge in [-0.15, -0.1) is 11.8 Å². The lowest BCUT2D eigenvalue weighted by Gasteiger charge is -2.25. The molecule has 1 aliphatic heterocycles. The lowest BCUT2D eigenvalue weighted by molar-refractivity contribution is 0.248. The van der Waals surface area contributed by atoms with Crippen LogP contribution in [0, 0.1) is 5.82 Å². The number of urea groups is 1. The molecule has 0 bridgehead atoms. The molecule has 2 amide bonds. The Bertz CT molecular complexity index is 645. The highest BCUT2D eigenvalue weighted by Crippen LogP contribution is 2.35. The molecule has 2 N–H and O–H groups in total. The van der Waals surface area contributed by atoms with Gasteiger partial charge in [-0.05, 0) is 42.3 Å². The number of benzene rings is 2. The summed E-state index contributed by atoms with van der Waals surface area (Å²) in [5.74, 6) is 0.664. The molecule has 0 fully saturated rings. The highest BCUT2D eigenvalue weighted by molar-refractivity contribution is 7.99. The van der Waals surface area contributed by atoms with Crippen LogP contribution in [0.2, 0.25) is 0 Å². The Labute approximate surface area is 126 Å². The van der Waals surface area contributed by atoms with E-state index in [-0.39, 0.29) is 17.9 Å². The van der Waals surface area contributed by atoms with Crippen molar-refractivity contribution in [3.8, 4) is 0 Å². The molecular weight excluding hydrogens is 287 g/mol. The number of rotatable bonds is 2. The summed E-state index contributed by atoms with van der Waals surface area (Å²) in [6.45, 7) is 0. The van der Waals surface area contributed by atoms with Crippen LogP contribution in [0.4, 0.5) is 14.9 Å². The Balaban J connectivity index is 1.67. The maximum atomic E-state index is 12.8. The van der Waals surface area contributed by atoms with Crippen LogP contribution in [0.1, 0.15) is 18.0 Å². The van der Waals surface area contributed by atoms with Crippen molar-refractivity contribution in [2.24, 2.45) is 0 Å². The zero-order chi connectivity index (χ0) is 14.7. The maximum absolute atomic E-state index is 12.8. The fourth-order valence-corrected chi connectivity index (χ4v) is 3.48. The van der Waals surface area contributed by atoms with Gasteiger partial charge in [-0.2, -0.15) is 0 Å². The molecule has 0 spiro atoms. The van der Waals surface area contributed by atoms with Crippen LogP contribution in [-0.2, 0) is 0 Å². The van der Waals surface area contributed by atoms with Gasteiger partial charge in [0, 0.05) is 16.3 Å². The summed E-state index contributed by atoms with van der Waals surface area (Å²) in [6.07, 6.45) is 0.901. The smallest absolute Gasteiger partial charge is 0.319 e. The fourth-order valence-electron chi connectivity index (χ4n) is 2.35. The first-order chi connectivity index (χ1) is 10.2. The van der Waals surface area contributed by atoms with Gasteiger partial charge < -0.3 is 10.6 Å². The minimum atomic E-state index is -0.320. The Morgan fingerprint density at radius 1 is 1.14 bits per heavy atom. The lowest BCUT2D eigenvalue weighted by atomic mass is 10.0. The summed E-state index contributed by atoms with van der Waals surface area (Å²) in [6, 6.07) is 13.6. The van der Waals surface area contributed by atoms with Crippen LogP contribution in [0.3, 0.4) is 0 Å². The molecule has 1 aliphatic rings. The minimum absolute atomic E-state index is 0.0166. The average molecular weight is 302 g/mol. The second-order valence-electron chi connectivity index (χ2n) is 4.83. The number of hydrogen-bond donors (Lipinski definition) is 2. The summed E-state index contributed by atoms with van der Waals surface area (Å²) >= 11 is 1.81. The van der Waals surface area contributed by atoms with Crippen LogP contribution in [0.5, 0.6) is 0 Å². The SMILES string of the molecule is O=C(Nc1ccc(F)cc1)N[C@@H]1CCSc2ccccc21. The van der Waals surface area contributed by atoms with E-state index in [9.17, 15) is 9.18 Å². The van der Waals surface area contributed by atoms with Crippen LogP contribution in [-0.4, -0.2) is 11.8 Å². The summed E-state index contributed by atoms with van der Waals surface area (Å²) in [7, 11) is 0. The van der Waals surface area contributed by atoms with Crippen molar-refractivity contribution in [1.82, 2.24) is 5.32 Å². The molecule has 5 heteroatoms. The number of carbonyl (C=O) groups is 1. The number of hydrogen-bond acceptors (Lipinski definition) is 2. The highest BCUT2D eigenvalue weighted by atomic mass is 32.2. The Kier molecular flexibility index (Phi) is 4.10. The van der Waals surface area contributed by atoms with Crippen molar-refractivity contribution in [3.05, 3.63) is 59.9 Å². The lowest BCUT2D eigenvalue weighted by Crippen LogP contribution is -2.34. The van der Waals surface area contributed by atoms with Crippen LogP contribution >= 0.6 is 11.8 Å². The van der Waals surface area contributed by atoms with Gasteiger partial charge in [-0.3, -0.25) is 0 Å². The van der Waals surface area contributed by atoms with Gasteiger partial charge in [0.05, 0.1) is 6.04 Å². The van der Waals surface area contributed by atoms with E-state index < -0.39 is 0 Å². The summed E-state index contributed by atoms with van der Waals surface area (Å²) in [4.78, 5) is 13.3. The molecule has 3 rings (SSSR count). The second-order valence-corrected chi connectivity index (χ2v) is 5.97. The molecule has 2 aromatic carbocycles. The van der Waals surface area contributed by atoms with Gasteiger partial charge in [0.25, 0.3) is 0 Å². The van der Waals surface area contributed by atoms with E-state index in [1.54, 1.807) is 12.1 Å². The topological polar surface area (TPSA) is 41.1 Å². The molecule has 0 unspecified atom stereocenters. The average Bonchev–Trinajstić information content (AvgIpc) is 2.50. The van der Waals surface area contributed by atoms with Crippen molar-refractivity contribution < 1.29 is 9.18 Å². The molecule has 1 heterocycles. The molecular formula is C16H15FN2OS. The first-order valence-electron chi connectivity index (χ1n) is 6.77. The largest absolute Gasteiger partial charge is 0.331 e. The molecule has 3 nitrogen and oxygen atoms in total. The number of halogens is 1. The van der Waals surface area contributed by atoms with Crippen molar-refractivity contribution in [1.29, 1.82) is 0 Å². The monoisotopic (exact) mass is 302 g/mol. The predicted octanol–water partition coefficient (Wildman–Crippen LogP) is 4.18. The van der Waals surface area contributed by atoms with E-state index in [0.29, 0.717) is 5.69 Å². The summed E-state index contributed by atoms with van der Waals surface area (Å²) in [5, 5.41) is 5.70. The van der Waals surface area contributed by atoms with E-state index in [1.807, 2.05) is 30.0 Å². The van der Waals surface area contributed by atoms with Crippen molar-refractivity contribution in [2.45, 2.75) is 17.4 Å². The molecule has 108 valence electrons. The standard InChI is InChI=1S/C16H15FN2OS/c17-11-5-7-12(8-6-11)18-16(20)19-14-9-10-21-15-4-2-1-3-13(14)15/h1-8,14H,9-10H2,(H2,18,19,20)/t14-/m1/s1. The van der Waals surface area contributed by atoms with E-state index >= 15 is 0 Å². The highest BCUT2D eigenvalue weighted by Gasteiger charge is 2.21. The third-order valence-corrected chi connectivity index (χ3v) is 4.49. The molecule has 0 aromatic heterocycles. The van der Waals surface area contributed by atoms with Crippen LogP contribution in [0.15, 0.2) is 53.4 Å². The zero-order valence-electron chi connectivity index (χ0n) is 11.3. The van der Waals surface area contributed by atoms with Gasteiger partial charge in [-0.25, -0.2) is 9.18 Å². The number of fused-ring (bicyclic) bond motifs is 1. The Hall–Kier alpha value is -2.01. The Morgan fingerprint density at radius 2 is 1.90 bits per heavy atom. The van der Waals surface area contributed by atoms with E-state index in [0.717, 1.165) is 17.7 Å². The first-order valence-corrected chi connectivity index (χ1v) is 7.76. The number of carbonyl (C=O) groups excluding carboxylic acids is 1. The molecule has 0 saturated heterocycles. The zero-order valence-corrected chi connectivity index (χ0v) is 12.1. The molecule has 2 aromatic rings. The number of nitrogens with one attached hydrogen (secondary N) is 2. The van der Waals surface area contributed by atoms with Gasteiger partial charge in [0.15, 0.2) is 0 Å². The fraction of sp³-hybridized carbons (Fsp3) is 0.188. The quantitative estimate of drug-likeness (QED) is 0.873. The predicted molar refractivity (Wildman–Crippen MR) is 83.1 cm³/mol. The third-order valence-electron chi connectivity index (χ3n) is 3.37. The Morgan fingerprint density at radius 3 is 2.71 bits per heavy atom. The van der Waals surface area contributed by atoms with Gasteiger partial charge >= 0.3 is 6.03 Å². The van der Waals surface area contributed by atoms with E-state index in [1.165, 1.54) is 17.0 Å². The molecule has 0 aliphatic carbocycles. The second kappa shape index (κ2) is 6.18. The maximum Gasteiger partial charge on any atom is 0.319 e. The number of thioether (sulfide) groups is 1. The number of anilines is 1. The molecule has 21 heavy (non-hydrogen) atoms.